The van der Waals surface area contributed by atoms with E-state index < -0.39 is 0 Å². The molecule has 3 nitrogen and oxygen atoms in total. The van der Waals surface area contributed by atoms with Gasteiger partial charge in [-0.1, -0.05) is 0 Å². The van der Waals surface area contributed by atoms with Crippen LogP contribution in [0.15, 0.2) is 24.3 Å². The molecule has 4 heteroatoms. The summed E-state index contributed by atoms with van der Waals surface area (Å²) in [7, 11) is 0. The van der Waals surface area contributed by atoms with Gasteiger partial charge in [0.2, 0.25) is 0 Å². The van der Waals surface area contributed by atoms with Gasteiger partial charge in [-0.25, -0.2) is 4.39 Å². The largest absolute Gasteiger partial charge is 0.359 e. The summed E-state index contributed by atoms with van der Waals surface area (Å²) in [5.74, 6) is -0.224. The number of morpholine rings is 1. The number of anilines is 1. The molecule has 0 saturated carbocycles. The molecule has 1 atom stereocenters. The molecule has 1 aliphatic rings. The fraction of sp³-hybridized carbons (Fsp3) is 0.400. The summed E-state index contributed by atoms with van der Waals surface area (Å²) in [6.45, 7) is 2.37. The van der Waals surface area contributed by atoms with Gasteiger partial charge in [0.05, 0.1) is 6.61 Å². The van der Waals surface area contributed by atoms with Crippen molar-refractivity contribution in [3.8, 4) is 0 Å². The highest BCUT2D eigenvalue weighted by Gasteiger charge is 2.12. The smallest absolute Gasteiger partial charge is 0.140 e. The number of hydrogen-bond acceptors (Lipinski definition) is 3. The van der Waals surface area contributed by atoms with Crippen LogP contribution in [0, 0.1) is 5.82 Å². The molecule has 14 heavy (non-hydrogen) atoms. The first kappa shape index (κ1) is 9.43. The van der Waals surface area contributed by atoms with Gasteiger partial charge in [0.25, 0.3) is 0 Å². The molecule has 1 aliphatic heterocycles. The van der Waals surface area contributed by atoms with Crippen molar-refractivity contribution in [2.45, 2.75) is 6.23 Å². The van der Waals surface area contributed by atoms with Gasteiger partial charge < -0.3 is 15.4 Å². The Morgan fingerprint density at radius 2 is 2.14 bits per heavy atom. The van der Waals surface area contributed by atoms with Gasteiger partial charge in [-0.05, 0) is 24.3 Å². The summed E-state index contributed by atoms with van der Waals surface area (Å²) in [4.78, 5) is 0. The third-order valence-electron chi connectivity index (χ3n) is 2.10. The normalized spacial score (nSPS) is 21.9. The Hall–Kier alpha value is -1.13. The van der Waals surface area contributed by atoms with E-state index in [0.717, 1.165) is 18.8 Å². The number of benzene rings is 1. The second-order valence-electron chi connectivity index (χ2n) is 3.21. The van der Waals surface area contributed by atoms with Gasteiger partial charge >= 0.3 is 0 Å². The summed E-state index contributed by atoms with van der Waals surface area (Å²) in [5, 5.41) is 6.36. The maximum absolute atomic E-state index is 12.6. The molecular formula is C10H13FN2O. The molecule has 0 spiro atoms. The Balaban J connectivity index is 1.92. The highest BCUT2D eigenvalue weighted by molar-refractivity contribution is 5.43. The number of rotatable bonds is 2. The van der Waals surface area contributed by atoms with E-state index in [0.29, 0.717) is 6.61 Å². The maximum Gasteiger partial charge on any atom is 0.140 e. The first-order valence-electron chi connectivity index (χ1n) is 4.69. The lowest BCUT2D eigenvalue weighted by Gasteiger charge is -2.25. The van der Waals surface area contributed by atoms with E-state index in [2.05, 4.69) is 10.6 Å². The zero-order valence-electron chi connectivity index (χ0n) is 7.79. The van der Waals surface area contributed by atoms with Crippen molar-refractivity contribution >= 4 is 5.69 Å². The zero-order chi connectivity index (χ0) is 9.80. The van der Waals surface area contributed by atoms with Crippen molar-refractivity contribution in [3.63, 3.8) is 0 Å². The molecule has 0 amide bonds. The van der Waals surface area contributed by atoms with Gasteiger partial charge in [0.1, 0.15) is 12.0 Å². The minimum Gasteiger partial charge on any atom is -0.359 e. The quantitative estimate of drug-likeness (QED) is 0.745. The Labute approximate surface area is 82.3 Å². The van der Waals surface area contributed by atoms with Crippen molar-refractivity contribution in [1.29, 1.82) is 0 Å². The third kappa shape index (κ3) is 2.43. The third-order valence-corrected chi connectivity index (χ3v) is 2.10. The van der Waals surface area contributed by atoms with E-state index in [1.807, 2.05) is 0 Å². The monoisotopic (exact) mass is 196 g/mol. The molecule has 0 aromatic heterocycles. The molecule has 1 unspecified atom stereocenters. The van der Waals surface area contributed by atoms with Crippen molar-refractivity contribution in [2.75, 3.05) is 25.0 Å². The minimum absolute atomic E-state index is 0.0192. The topological polar surface area (TPSA) is 33.3 Å². The summed E-state index contributed by atoms with van der Waals surface area (Å²) < 4.78 is 18.0. The highest BCUT2D eigenvalue weighted by Crippen LogP contribution is 2.10. The van der Waals surface area contributed by atoms with Crippen LogP contribution in [-0.2, 0) is 4.74 Å². The minimum atomic E-state index is -0.224. The number of hydrogen-bond donors (Lipinski definition) is 2. The average molecular weight is 196 g/mol. The summed E-state index contributed by atoms with van der Waals surface area (Å²) in [5.41, 5.74) is 0.875. The molecule has 1 aromatic rings. The van der Waals surface area contributed by atoms with E-state index in [9.17, 15) is 4.39 Å². The fourth-order valence-corrected chi connectivity index (χ4v) is 1.39. The molecule has 0 bridgehead atoms. The summed E-state index contributed by atoms with van der Waals surface area (Å²) in [6, 6.07) is 6.26. The van der Waals surface area contributed by atoms with Crippen LogP contribution in [-0.4, -0.2) is 25.9 Å². The molecular weight excluding hydrogens is 183 g/mol. The van der Waals surface area contributed by atoms with Crippen molar-refractivity contribution in [3.05, 3.63) is 30.1 Å². The van der Waals surface area contributed by atoms with Crippen LogP contribution in [0.25, 0.3) is 0 Å². The molecule has 2 N–H and O–H groups in total. The number of halogens is 1. The van der Waals surface area contributed by atoms with Crippen LogP contribution in [0.3, 0.4) is 0 Å². The molecule has 1 heterocycles. The fourth-order valence-electron chi connectivity index (χ4n) is 1.39. The molecule has 1 saturated heterocycles. The first-order chi connectivity index (χ1) is 6.84. The summed E-state index contributed by atoms with van der Waals surface area (Å²) in [6.07, 6.45) is -0.0192. The van der Waals surface area contributed by atoms with Crippen LogP contribution < -0.4 is 10.6 Å². The molecule has 0 aliphatic carbocycles. The van der Waals surface area contributed by atoms with Crippen LogP contribution in [0.1, 0.15) is 0 Å². The average Bonchev–Trinajstić information content (AvgIpc) is 2.23. The first-order valence-corrected chi connectivity index (χ1v) is 4.69. The lowest BCUT2D eigenvalue weighted by Crippen LogP contribution is -2.42. The summed E-state index contributed by atoms with van der Waals surface area (Å²) >= 11 is 0. The Bertz CT molecular complexity index is 283. The van der Waals surface area contributed by atoms with Gasteiger partial charge in [-0.3, -0.25) is 0 Å². The predicted molar refractivity (Wildman–Crippen MR) is 52.6 cm³/mol. The van der Waals surface area contributed by atoms with Crippen LogP contribution >= 0.6 is 0 Å². The second kappa shape index (κ2) is 4.39. The van der Waals surface area contributed by atoms with E-state index in [1.165, 1.54) is 12.1 Å². The van der Waals surface area contributed by atoms with Gasteiger partial charge in [-0.2, -0.15) is 0 Å². The highest BCUT2D eigenvalue weighted by atomic mass is 19.1. The SMILES string of the molecule is Fc1ccc(NC2CNCCO2)cc1. The number of ether oxygens (including phenoxy) is 1. The van der Waals surface area contributed by atoms with Crippen molar-refractivity contribution in [2.24, 2.45) is 0 Å². The molecule has 1 fully saturated rings. The maximum atomic E-state index is 12.6. The molecule has 2 rings (SSSR count). The van der Waals surface area contributed by atoms with E-state index in [4.69, 9.17) is 4.74 Å². The Morgan fingerprint density at radius 1 is 1.36 bits per heavy atom. The van der Waals surface area contributed by atoms with E-state index in [-0.39, 0.29) is 12.0 Å². The predicted octanol–water partition coefficient (Wildman–Crippen LogP) is 1.18. The van der Waals surface area contributed by atoms with Crippen molar-refractivity contribution < 1.29 is 9.13 Å². The van der Waals surface area contributed by atoms with Gasteiger partial charge in [-0.15, -0.1) is 0 Å². The van der Waals surface area contributed by atoms with Crippen LogP contribution in [0.2, 0.25) is 0 Å². The molecule has 1 aromatic carbocycles. The van der Waals surface area contributed by atoms with E-state index >= 15 is 0 Å². The standard InChI is InChI=1S/C10H13FN2O/c11-8-1-3-9(4-2-8)13-10-7-12-5-6-14-10/h1-4,10,12-13H,5-7H2. The lowest BCUT2D eigenvalue weighted by atomic mass is 10.3. The number of nitrogens with one attached hydrogen (secondary N) is 2. The van der Waals surface area contributed by atoms with Crippen molar-refractivity contribution in [1.82, 2.24) is 5.32 Å². The lowest BCUT2D eigenvalue weighted by molar-refractivity contribution is 0.0468. The van der Waals surface area contributed by atoms with Crippen LogP contribution in [0.5, 0.6) is 0 Å². The molecule has 76 valence electrons. The van der Waals surface area contributed by atoms with Gasteiger partial charge in [0.15, 0.2) is 0 Å². The van der Waals surface area contributed by atoms with E-state index in [1.54, 1.807) is 12.1 Å². The second-order valence-corrected chi connectivity index (χ2v) is 3.21. The Morgan fingerprint density at radius 3 is 2.79 bits per heavy atom. The zero-order valence-corrected chi connectivity index (χ0v) is 7.79. The Kier molecular flexibility index (Phi) is 2.96. The van der Waals surface area contributed by atoms with Gasteiger partial charge in [0, 0.05) is 18.8 Å². The van der Waals surface area contributed by atoms with Crippen LogP contribution in [0.4, 0.5) is 10.1 Å². The molecule has 0 radical (unpaired) electrons.